The van der Waals surface area contributed by atoms with Crippen LogP contribution in [0.5, 0.6) is 0 Å². The van der Waals surface area contributed by atoms with Crippen LogP contribution in [-0.2, 0) is 13.0 Å². The lowest BCUT2D eigenvalue weighted by molar-refractivity contribution is 0.0593. The first kappa shape index (κ1) is 16.0. The first-order valence-corrected chi connectivity index (χ1v) is 8.85. The van der Waals surface area contributed by atoms with Crippen molar-refractivity contribution in [1.29, 1.82) is 0 Å². The van der Waals surface area contributed by atoms with Gasteiger partial charge in [-0.2, -0.15) is 0 Å². The number of carbonyl (C=O) groups is 1. The number of piperidine rings is 1. The van der Waals surface area contributed by atoms with Gasteiger partial charge in [-0.15, -0.1) is 0 Å². The Bertz CT molecular complexity index is 804. The fourth-order valence-corrected chi connectivity index (χ4v) is 3.88. The van der Waals surface area contributed by atoms with Gasteiger partial charge in [0.05, 0.1) is 6.20 Å². The number of hydrogen-bond donors (Lipinski definition) is 1. The quantitative estimate of drug-likeness (QED) is 0.899. The molecule has 4 rings (SSSR count). The average Bonchev–Trinajstić information content (AvgIpc) is 2.68. The SMILES string of the molecule is O=C(c1c[nH]c(=O)cn1)N1CCC(N2CCc3ccccc3C2)CC1. The van der Waals surface area contributed by atoms with Crippen LogP contribution in [0.15, 0.2) is 41.5 Å². The Labute approximate surface area is 146 Å². The van der Waals surface area contributed by atoms with Crippen molar-refractivity contribution >= 4 is 5.91 Å². The minimum atomic E-state index is -0.291. The zero-order chi connectivity index (χ0) is 17.2. The summed E-state index contributed by atoms with van der Waals surface area (Å²) >= 11 is 0. The lowest BCUT2D eigenvalue weighted by Gasteiger charge is -2.40. The van der Waals surface area contributed by atoms with E-state index in [2.05, 4.69) is 39.1 Å². The molecule has 1 N–H and O–H groups in total. The van der Waals surface area contributed by atoms with E-state index in [9.17, 15) is 9.59 Å². The molecule has 1 amide bonds. The first-order valence-electron chi connectivity index (χ1n) is 8.85. The van der Waals surface area contributed by atoms with Crippen molar-refractivity contribution in [3.63, 3.8) is 0 Å². The van der Waals surface area contributed by atoms with Gasteiger partial charge in [0, 0.05) is 38.4 Å². The molecule has 3 heterocycles. The number of likely N-dealkylation sites (tertiary alicyclic amines) is 1. The molecule has 1 saturated heterocycles. The third kappa shape index (κ3) is 3.35. The molecule has 25 heavy (non-hydrogen) atoms. The summed E-state index contributed by atoms with van der Waals surface area (Å²) in [6, 6.07) is 9.21. The molecule has 6 nitrogen and oxygen atoms in total. The predicted octanol–water partition coefficient (Wildman–Crippen LogP) is 1.43. The van der Waals surface area contributed by atoms with E-state index in [4.69, 9.17) is 0 Å². The first-order chi connectivity index (χ1) is 12.2. The highest BCUT2D eigenvalue weighted by molar-refractivity contribution is 5.92. The lowest BCUT2D eigenvalue weighted by Crippen LogP contribution is -2.48. The van der Waals surface area contributed by atoms with Crippen molar-refractivity contribution in [2.75, 3.05) is 19.6 Å². The maximum atomic E-state index is 12.5. The van der Waals surface area contributed by atoms with Crippen LogP contribution in [0.4, 0.5) is 0 Å². The van der Waals surface area contributed by atoms with Crippen LogP contribution in [0.25, 0.3) is 0 Å². The Morgan fingerprint density at radius 3 is 2.60 bits per heavy atom. The largest absolute Gasteiger partial charge is 0.337 e. The molecule has 0 atom stereocenters. The summed E-state index contributed by atoms with van der Waals surface area (Å²) in [6.07, 6.45) is 5.63. The number of hydrogen-bond acceptors (Lipinski definition) is 4. The van der Waals surface area contributed by atoms with Crippen LogP contribution in [0, 0.1) is 0 Å². The Morgan fingerprint density at radius 2 is 1.88 bits per heavy atom. The number of aromatic nitrogens is 2. The topological polar surface area (TPSA) is 69.3 Å². The third-order valence-corrected chi connectivity index (χ3v) is 5.32. The fraction of sp³-hybridized carbons (Fsp3) is 0.421. The Balaban J connectivity index is 1.36. The van der Waals surface area contributed by atoms with E-state index in [1.54, 1.807) is 0 Å². The monoisotopic (exact) mass is 338 g/mol. The van der Waals surface area contributed by atoms with Gasteiger partial charge in [0.1, 0.15) is 5.69 Å². The molecule has 2 aliphatic rings. The smallest absolute Gasteiger partial charge is 0.273 e. The highest BCUT2D eigenvalue weighted by Crippen LogP contribution is 2.25. The number of fused-ring (bicyclic) bond motifs is 1. The molecular weight excluding hydrogens is 316 g/mol. The number of amides is 1. The van der Waals surface area contributed by atoms with Gasteiger partial charge in [-0.25, -0.2) is 4.98 Å². The van der Waals surface area contributed by atoms with Crippen LogP contribution >= 0.6 is 0 Å². The van der Waals surface area contributed by atoms with Gasteiger partial charge in [0.15, 0.2) is 0 Å². The van der Waals surface area contributed by atoms with Gasteiger partial charge < -0.3 is 9.88 Å². The number of aromatic amines is 1. The maximum Gasteiger partial charge on any atom is 0.273 e. The molecule has 0 bridgehead atoms. The summed E-state index contributed by atoms with van der Waals surface area (Å²) in [7, 11) is 0. The minimum absolute atomic E-state index is 0.0984. The van der Waals surface area contributed by atoms with E-state index in [0.29, 0.717) is 11.7 Å². The predicted molar refractivity (Wildman–Crippen MR) is 94.3 cm³/mol. The zero-order valence-corrected chi connectivity index (χ0v) is 14.1. The molecule has 1 fully saturated rings. The molecule has 0 saturated carbocycles. The Hall–Kier alpha value is -2.47. The molecule has 2 aliphatic heterocycles. The molecule has 2 aromatic rings. The van der Waals surface area contributed by atoms with Gasteiger partial charge in [-0.3, -0.25) is 14.5 Å². The highest BCUT2D eigenvalue weighted by atomic mass is 16.2. The normalized spacial score (nSPS) is 18.8. The van der Waals surface area contributed by atoms with E-state index in [1.165, 1.54) is 17.3 Å². The molecule has 0 spiro atoms. The second-order valence-corrected chi connectivity index (χ2v) is 6.81. The number of rotatable bonds is 2. The minimum Gasteiger partial charge on any atom is -0.337 e. The zero-order valence-electron chi connectivity index (χ0n) is 14.1. The molecule has 1 aromatic heterocycles. The van der Waals surface area contributed by atoms with Crippen LogP contribution in [0.3, 0.4) is 0 Å². The number of nitrogens with one attached hydrogen (secondary N) is 1. The number of H-pyrrole nitrogens is 1. The molecular formula is C19H22N4O2. The summed E-state index contributed by atoms with van der Waals surface area (Å²) in [5.41, 5.74) is 2.92. The Kier molecular flexibility index (Phi) is 4.36. The van der Waals surface area contributed by atoms with E-state index >= 15 is 0 Å². The van der Waals surface area contributed by atoms with Crippen molar-refractivity contribution in [2.24, 2.45) is 0 Å². The molecule has 0 unspecified atom stereocenters. The van der Waals surface area contributed by atoms with Crippen LogP contribution in [-0.4, -0.2) is 51.4 Å². The van der Waals surface area contributed by atoms with Gasteiger partial charge in [0.2, 0.25) is 0 Å². The molecule has 6 heteroatoms. The van der Waals surface area contributed by atoms with Crippen LogP contribution in [0.2, 0.25) is 0 Å². The molecule has 130 valence electrons. The van der Waals surface area contributed by atoms with E-state index in [1.807, 2.05) is 4.90 Å². The summed E-state index contributed by atoms with van der Waals surface area (Å²) in [5, 5.41) is 0. The maximum absolute atomic E-state index is 12.5. The van der Waals surface area contributed by atoms with Crippen molar-refractivity contribution in [2.45, 2.75) is 31.8 Å². The summed E-state index contributed by atoms with van der Waals surface area (Å²) in [5.74, 6) is -0.0984. The fourth-order valence-electron chi connectivity index (χ4n) is 3.88. The summed E-state index contributed by atoms with van der Waals surface area (Å²) in [6.45, 7) is 3.58. The van der Waals surface area contributed by atoms with E-state index < -0.39 is 0 Å². The van der Waals surface area contributed by atoms with Crippen LogP contribution in [0.1, 0.15) is 34.5 Å². The highest BCUT2D eigenvalue weighted by Gasteiger charge is 2.29. The van der Waals surface area contributed by atoms with E-state index in [0.717, 1.165) is 51.6 Å². The van der Waals surface area contributed by atoms with Crippen molar-refractivity contribution in [1.82, 2.24) is 19.8 Å². The second-order valence-electron chi connectivity index (χ2n) is 6.81. The molecule has 0 radical (unpaired) electrons. The van der Waals surface area contributed by atoms with Crippen LogP contribution < -0.4 is 5.56 Å². The summed E-state index contributed by atoms with van der Waals surface area (Å²) < 4.78 is 0. The number of nitrogens with zero attached hydrogens (tertiary/aromatic N) is 3. The van der Waals surface area contributed by atoms with Gasteiger partial charge in [-0.1, -0.05) is 24.3 Å². The molecule has 0 aliphatic carbocycles. The van der Waals surface area contributed by atoms with Crippen molar-refractivity contribution in [3.8, 4) is 0 Å². The van der Waals surface area contributed by atoms with Gasteiger partial charge in [0.25, 0.3) is 11.5 Å². The van der Waals surface area contributed by atoms with Gasteiger partial charge >= 0.3 is 0 Å². The average molecular weight is 338 g/mol. The lowest BCUT2D eigenvalue weighted by atomic mass is 9.95. The number of carbonyl (C=O) groups excluding carboxylic acids is 1. The Morgan fingerprint density at radius 1 is 1.12 bits per heavy atom. The third-order valence-electron chi connectivity index (χ3n) is 5.32. The standard InChI is InChI=1S/C19H22N4O2/c24-18-12-20-17(11-21-18)19(25)22-9-6-16(7-10-22)23-8-5-14-3-1-2-4-15(14)13-23/h1-4,11-12,16H,5-10,13H2,(H,21,24). The van der Waals surface area contributed by atoms with E-state index in [-0.39, 0.29) is 11.5 Å². The number of benzene rings is 1. The second kappa shape index (κ2) is 6.80. The van der Waals surface area contributed by atoms with Crippen molar-refractivity contribution in [3.05, 3.63) is 63.8 Å². The molecule has 1 aromatic carbocycles. The van der Waals surface area contributed by atoms with Crippen molar-refractivity contribution < 1.29 is 4.79 Å². The van der Waals surface area contributed by atoms with Gasteiger partial charge in [-0.05, 0) is 30.4 Å². The summed E-state index contributed by atoms with van der Waals surface area (Å²) in [4.78, 5) is 34.4.